The molecule has 1 fully saturated rings. The Morgan fingerprint density at radius 3 is 2.37 bits per heavy atom. The van der Waals surface area contributed by atoms with Crippen molar-refractivity contribution in [3.8, 4) is 0 Å². The van der Waals surface area contributed by atoms with Crippen molar-refractivity contribution in [2.45, 2.75) is 37.8 Å². The van der Waals surface area contributed by atoms with E-state index in [2.05, 4.69) is 0 Å². The molecule has 5 nitrogen and oxygen atoms in total. The number of benzene rings is 2. The molecule has 0 radical (unpaired) electrons. The van der Waals surface area contributed by atoms with Gasteiger partial charge >= 0.3 is 6.09 Å². The van der Waals surface area contributed by atoms with Crippen molar-refractivity contribution >= 4 is 6.09 Å². The normalized spacial score (nSPS) is 24.3. The summed E-state index contributed by atoms with van der Waals surface area (Å²) in [7, 11) is 0. The lowest BCUT2D eigenvalue weighted by Gasteiger charge is -2.34. The van der Waals surface area contributed by atoms with Crippen molar-refractivity contribution in [3.05, 3.63) is 83.4 Å². The predicted octanol–water partition coefficient (Wildman–Crippen LogP) is 3.28. The predicted molar refractivity (Wildman–Crippen MR) is 101 cm³/mol. The zero-order valence-electron chi connectivity index (χ0n) is 15.0. The third-order valence-electron chi connectivity index (χ3n) is 5.11. The van der Waals surface area contributed by atoms with E-state index in [1.807, 2.05) is 66.7 Å². The molecule has 27 heavy (non-hydrogen) atoms. The quantitative estimate of drug-likeness (QED) is 0.798. The molecule has 0 aromatic heterocycles. The van der Waals surface area contributed by atoms with Crippen LogP contribution in [0.2, 0.25) is 0 Å². The fraction of sp³-hybridized carbons (Fsp3) is 0.318. The van der Waals surface area contributed by atoms with Gasteiger partial charge in [0.15, 0.2) is 0 Å². The lowest BCUT2D eigenvalue weighted by atomic mass is 9.89. The van der Waals surface area contributed by atoms with Gasteiger partial charge in [0.2, 0.25) is 0 Å². The fourth-order valence-corrected chi connectivity index (χ4v) is 3.78. The molecule has 2 aliphatic rings. The molecule has 0 spiro atoms. The van der Waals surface area contributed by atoms with Crippen LogP contribution in [0, 0.1) is 0 Å². The summed E-state index contributed by atoms with van der Waals surface area (Å²) in [4.78, 5) is 14.3. The minimum absolute atomic E-state index is 0.0509. The molecular formula is C22H23NO4. The van der Waals surface area contributed by atoms with Crippen LogP contribution in [0.1, 0.15) is 17.5 Å². The number of aliphatic hydroxyl groups is 1. The third-order valence-corrected chi connectivity index (χ3v) is 5.11. The van der Waals surface area contributed by atoms with E-state index in [4.69, 9.17) is 9.47 Å². The molecule has 1 saturated heterocycles. The number of hydrogen-bond donors (Lipinski definition) is 1. The molecular weight excluding hydrogens is 342 g/mol. The number of amides is 1. The van der Waals surface area contributed by atoms with Gasteiger partial charge in [-0.05, 0) is 16.7 Å². The highest BCUT2D eigenvalue weighted by Crippen LogP contribution is 2.34. The Balaban J connectivity index is 1.55. The largest absolute Gasteiger partial charge is 0.443 e. The van der Waals surface area contributed by atoms with Gasteiger partial charge in [-0.1, -0.05) is 66.7 Å². The summed E-state index contributed by atoms with van der Waals surface area (Å²) >= 11 is 0. The number of hydrogen-bond acceptors (Lipinski definition) is 4. The molecule has 4 rings (SSSR count). The van der Waals surface area contributed by atoms with Gasteiger partial charge in [-0.25, -0.2) is 4.79 Å². The number of aliphatic hydroxyl groups excluding tert-OH is 1. The Morgan fingerprint density at radius 1 is 1.04 bits per heavy atom. The van der Waals surface area contributed by atoms with Crippen LogP contribution in [0.3, 0.4) is 0 Å². The molecule has 2 aromatic carbocycles. The minimum atomic E-state index is -0.324. The summed E-state index contributed by atoms with van der Waals surface area (Å²) in [6.07, 6.45) is 1.55. The Morgan fingerprint density at radius 2 is 1.70 bits per heavy atom. The van der Waals surface area contributed by atoms with Crippen molar-refractivity contribution in [1.29, 1.82) is 0 Å². The second kappa shape index (κ2) is 7.94. The van der Waals surface area contributed by atoms with Crippen LogP contribution in [0.25, 0.3) is 0 Å². The molecule has 1 N–H and O–H groups in total. The van der Waals surface area contributed by atoms with E-state index >= 15 is 0 Å². The lowest BCUT2D eigenvalue weighted by Crippen LogP contribution is -2.48. The summed E-state index contributed by atoms with van der Waals surface area (Å²) in [5.74, 6) is 0. The number of ether oxygens (including phenoxy) is 2. The smallest absolute Gasteiger partial charge is 0.410 e. The molecule has 1 heterocycles. The van der Waals surface area contributed by atoms with E-state index in [0.717, 1.165) is 16.7 Å². The second-order valence-corrected chi connectivity index (χ2v) is 6.97. The van der Waals surface area contributed by atoms with E-state index in [-0.39, 0.29) is 30.9 Å². The van der Waals surface area contributed by atoms with Crippen molar-refractivity contribution in [2.75, 3.05) is 6.61 Å². The lowest BCUT2D eigenvalue weighted by molar-refractivity contribution is -0.00113. The highest BCUT2D eigenvalue weighted by Gasteiger charge is 2.48. The highest BCUT2D eigenvalue weighted by atomic mass is 16.6. The van der Waals surface area contributed by atoms with E-state index < -0.39 is 0 Å². The van der Waals surface area contributed by atoms with Gasteiger partial charge < -0.3 is 14.6 Å². The van der Waals surface area contributed by atoms with Gasteiger partial charge in [-0.15, -0.1) is 0 Å². The van der Waals surface area contributed by atoms with E-state index in [9.17, 15) is 9.90 Å². The number of fused-ring (bicyclic) bond motifs is 1. The molecule has 140 valence electrons. The molecule has 1 amide bonds. The third kappa shape index (κ3) is 3.89. The van der Waals surface area contributed by atoms with Gasteiger partial charge in [-0.3, -0.25) is 4.90 Å². The van der Waals surface area contributed by atoms with Gasteiger partial charge in [0.05, 0.1) is 13.2 Å². The molecule has 0 unspecified atom stereocenters. The van der Waals surface area contributed by atoms with Crippen LogP contribution in [0.5, 0.6) is 0 Å². The standard InChI is InChI=1S/C22H23NO4/c24-14-18-11-19(26-15-17-9-5-2-6-10-17)21-20(12-18)27-22(25)23(21)13-16-7-3-1-4-8-16/h1-11,19-21,24H,12-15H2/t19-,20-,21+/m0/s1. The summed E-state index contributed by atoms with van der Waals surface area (Å²) in [5, 5.41) is 9.60. The topological polar surface area (TPSA) is 59.0 Å². The van der Waals surface area contributed by atoms with Gasteiger partial charge in [0, 0.05) is 13.0 Å². The van der Waals surface area contributed by atoms with Crippen LogP contribution in [0.15, 0.2) is 72.3 Å². The number of carbonyl (C=O) groups excluding carboxylic acids is 1. The van der Waals surface area contributed by atoms with Gasteiger partial charge in [-0.2, -0.15) is 0 Å². The first kappa shape index (κ1) is 17.8. The Hall–Kier alpha value is -2.63. The van der Waals surface area contributed by atoms with Crippen LogP contribution in [-0.2, 0) is 22.6 Å². The molecule has 3 atom stereocenters. The zero-order valence-corrected chi connectivity index (χ0v) is 15.0. The SMILES string of the molecule is O=C1O[C@H]2CC(CO)=C[C@H](OCc3ccccc3)[C@H]2N1Cc1ccccc1. The van der Waals surface area contributed by atoms with E-state index in [0.29, 0.717) is 19.6 Å². The Bertz CT molecular complexity index is 806. The van der Waals surface area contributed by atoms with Crippen molar-refractivity contribution in [2.24, 2.45) is 0 Å². The second-order valence-electron chi connectivity index (χ2n) is 6.97. The number of rotatable bonds is 6. The summed E-state index contributed by atoms with van der Waals surface area (Å²) < 4.78 is 11.8. The average molecular weight is 365 g/mol. The fourth-order valence-electron chi connectivity index (χ4n) is 3.78. The van der Waals surface area contributed by atoms with E-state index in [1.165, 1.54) is 0 Å². The molecule has 2 aromatic rings. The molecule has 0 saturated carbocycles. The van der Waals surface area contributed by atoms with Crippen molar-refractivity contribution in [1.82, 2.24) is 4.90 Å². The van der Waals surface area contributed by atoms with Crippen LogP contribution < -0.4 is 0 Å². The van der Waals surface area contributed by atoms with Gasteiger partial charge in [0.1, 0.15) is 18.2 Å². The van der Waals surface area contributed by atoms with Crippen LogP contribution in [0.4, 0.5) is 4.79 Å². The maximum Gasteiger partial charge on any atom is 0.410 e. The maximum absolute atomic E-state index is 12.5. The average Bonchev–Trinajstić information content (AvgIpc) is 3.02. The Labute approximate surface area is 158 Å². The summed E-state index contributed by atoms with van der Waals surface area (Å²) in [5.41, 5.74) is 2.97. The zero-order chi connectivity index (χ0) is 18.6. The number of nitrogens with zero attached hydrogens (tertiary/aromatic N) is 1. The van der Waals surface area contributed by atoms with Crippen LogP contribution in [-0.4, -0.2) is 41.0 Å². The first-order valence-corrected chi connectivity index (χ1v) is 9.22. The summed E-state index contributed by atoms with van der Waals surface area (Å²) in [6, 6.07) is 19.6. The van der Waals surface area contributed by atoms with E-state index in [1.54, 1.807) is 4.90 Å². The number of carbonyl (C=O) groups is 1. The first-order chi connectivity index (χ1) is 13.2. The Kier molecular flexibility index (Phi) is 5.23. The molecule has 0 bridgehead atoms. The van der Waals surface area contributed by atoms with Gasteiger partial charge in [0.25, 0.3) is 0 Å². The van der Waals surface area contributed by atoms with Crippen LogP contribution >= 0.6 is 0 Å². The highest BCUT2D eigenvalue weighted by molar-refractivity contribution is 5.71. The van der Waals surface area contributed by atoms with Crippen molar-refractivity contribution in [3.63, 3.8) is 0 Å². The molecule has 1 aliphatic carbocycles. The first-order valence-electron chi connectivity index (χ1n) is 9.22. The minimum Gasteiger partial charge on any atom is -0.443 e. The molecule has 1 aliphatic heterocycles. The van der Waals surface area contributed by atoms with Crippen molar-refractivity contribution < 1.29 is 19.4 Å². The monoisotopic (exact) mass is 365 g/mol. The maximum atomic E-state index is 12.5. The summed E-state index contributed by atoms with van der Waals surface area (Å²) in [6.45, 7) is 0.871. The molecule has 5 heteroatoms.